The van der Waals surface area contributed by atoms with E-state index in [1.807, 2.05) is 0 Å². The minimum atomic E-state index is -2.59. The van der Waals surface area contributed by atoms with Gasteiger partial charge in [0.25, 0.3) is 6.43 Å². The van der Waals surface area contributed by atoms with Crippen LogP contribution >= 0.6 is 0 Å². The first-order valence-electron chi connectivity index (χ1n) is 5.80. The lowest BCUT2D eigenvalue weighted by molar-refractivity contribution is 0.163. The van der Waals surface area contributed by atoms with Gasteiger partial charge < -0.3 is 15.2 Å². The minimum Gasteiger partial charge on any atom is -0.362 e. The second-order valence-corrected chi connectivity index (χ2v) is 4.03. The van der Waals surface area contributed by atoms with Crippen molar-refractivity contribution in [3.05, 3.63) is 30.2 Å². The number of alkyl halides is 2. The van der Waals surface area contributed by atoms with Crippen molar-refractivity contribution in [2.75, 3.05) is 23.8 Å². The highest BCUT2D eigenvalue weighted by Gasteiger charge is 2.12. The number of imidazole rings is 1. The fourth-order valence-corrected chi connectivity index (χ4v) is 1.52. The highest BCUT2D eigenvalue weighted by atomic mass is 19.3. The molecule has 0 saturated carbocycles. The fraction of sp³-hybridized carbons (Fsp3) is 0.364. The van der Waals surface area contributed by atoms with E-state index in [4.69, 9.17) is 0 Å². The van der Waals surface area contributed by atoms with Gasteiger partial charge in [-0.1, -0.05) is 0 Å². The maximum absolute atomic E-state index is 13.4. The molecule has 0 unspecified atom stereocenters. The molecule has 2 aromatic heterocycles. The second-order valence-electron chi connectivity index (χ2n) is 4.03. The lowest BCUT2D eigenvalue weighted by atomic mass is 10.5. The summed E-state index contributed by atoms with van der Waals surface area (Å²) in [5.41, 5.74) is 0. The van der Waals surface area contributed by atoms with Crippen LogP contribution in [0.25, 0.3) is 0 Å². The van der Waals surface area contributed by atoms with E-state index in [9.17, 15) is 13.2 Å². The molecule has 6 nitrogen and oxygen atoms in total. The smallest absolute Gasteiger partial charge is 0.255 e. The number of anilines is 2. The lowest BCUT2D eigenvalue weighted by Crippen LogP contribution is -2.21. The summed E-state index contributed by atoms with van der Waals surface area (Å²) >= 11 is 0. The Balaban J connectivity index is 2.09. The van der Waals surface area contributed by atoms with Gasteiger partial charge in [-0.05, 0) is 0 Å². The molecule has 9 heteroatoms. The maximum Gasteiger partial charge on any atom is 0.255 e. The SMILES string of the molecule is CN(Cc1ncc[nH]1)c1ncc(F)c(NCC(F)F)n1. The summed E-state index contributed by atoms with van der Waals surface area (Å²) in [4.78, 5) is 16.3. The molecule has 2 rings (SSSR count). The van der Waals surface area contributed by atoms with E-state index >= 15 is 0 Å². The highest BCUT2D eigenvalue weighted by molar-refractivity contribution is 5.42. The van der Waals surface area contributed by atoms with Crippen molar-refractivity contribution in [3.8, 4) is 0 Å². The zero-order valence-corrected chi connectivity index (χ0v) is 10.6. The number of nitrogens with zero attached hydrogens (tertiary/aromatic N) is 4. The predicted octanol–water partition coefficient (Wildman–Crippen LogP) is 1.65. The maximum atomic E-state index is 13.4. The lowest BCUT2D eigenvalue weighted by Gasteiger charge is -2.16. The summed E-state index contributed by atoms with van der Waals surface area (Å²) in [5, 5.41) is 2.24. The van der Waals surface area contributed by atoms with E-state index < -0.39 is 18.8 Å². The van der Waals surface area contributed by atoms with Gasteiger partial charge >= 0.3 is 0 Å². The number of nitrogens with one attached hydrogen (secondary N) is 2. The average Bonchev–Trinajstić information content (AvgIpc) is 2.90. The Kier molecular flexibility index (Phi) is 4.38. The van der Waals surface area contributed by atoms with Gasteiger partial charge in [0.15, 0.2) is 11.6 Å². The van der Waals surface area contributed by atoms with Crippen LogP contribution in [0.15, 0.2) is 18.6 Å². The summed E-state index contributed by atoms with van der Waals surface area (Å²) < 4.78 is 37.6. The first kappa shape index (κ1) is 14.1. The van der Waals surface area contributed by atoms with Crippen molar-refractivity contribution in [1.82, 2.24) is 19.9 Å². The van der Waals surface area contributed by atoms with Crippen LogP contribution in [0.2, 0.25) is 0 Å². The van der Waals surface area contributed by atoms with Crippen LogP contribution in [0, 0.1) is 5.82 Å². The molecule has 2 N–H and O–H groups in total. The third-order valence-corrected chi connectivity index (χ3v) is 2.44. The minimum absolute atomic E-state index is 0.208. The molecule has 0 saturated heterocycles. The van der Waals surface area contributed by atoms with Gasteiger partial charge in [0.05, 0.1) is 19.3 Å². The van der Waals surface area contributed by atoms with Crippen LogP contribution < -0.4 is 10.2 Å². The van der Waals surface area contributed by atoms with E-state index in [0.717, 1.165) is 6.20 Å². The zero-order valence-electron chi connectivity index (χ0n) is 10.6. The van der Waals surface area contributed by atoms with Crippen LogP contribution in [-0.4, -0.2) is 40.0 Å². The van der Waals surface area contributed by atoms with Gasteiger partial charge in [0.2, 0.25) is 5.95 Å². The first-order valence-corrected chi connectivity index (χ1v) is 5.80. The Morgan fingerprint density at radius 3 is 2.85 bits per heavy atom. The van der Waals surface area contributed by atoms with Crippen LogP contribution in [-0.2, 0) is 6.54 Å². The molecule has 0 aliphatic rings. The molecule has 0 fully saturated rings. The first-order chi connectivity index (χ1) is 9.56. The Labute approximate surface area is 113 Å². The molecule has 0 atom stereocenters. The summed E-state index contributed by atoms with van der Waals surface area (Å²) in [5.74, 6) is -0.135. The summed E-state index contributed by atoms with van der Waals surface area (Å²) in [6.07, 6.45) is 1.62. The topological polar surface area (TPSA) is 69.7 Å². The van der Waals surface area contributed by atoms with E-state index in [-0.39, 0.29) is 11.8 Å². The molecule has 0 spiro atoms. The standard InChI is InChI=1S/C11H13F3N6/c1-20(6-9-15-2-3-16-9)11-18-4-7(12)10(19-11)17-5-8(13)14/h2-4,8H,5-6H2,1H3,(H,15,16)(H,17,18,19). The average molecular weight is 286 g/mol. The quantitative estimate of drug-likeness (QED) is 0.845. The molecule has 0 bridgehead atoms. The predicted molar refractivity (Wildman–Crippen MR) is 67.2 cm³/mol. The largest absolute Gasteiger partial charge is 0.362 e. The summed E-state index contributed by atoms with van der Waals surface area (Å²) in [6.45, 7) is -0.289. The third kappa shape index (κ3) is 3.59. The molecule has 0 aliphatic heterocycles. The Morgan fingerprint density at radius 1 is 1.40 bits per heavy atom. The highest BCUT2D eigenvalue weighted by Crippen LogP contribution is 2.15. The normalized spacial score (nSPS) is 10.8. The number of aromatic nitrogens is 4. The summed E-state index contributed by atoms with van der Waals surface area (Å²) in [7, 11) is 1.69. The molecule has 0 aromatic carbocycles. The van der Waals surface area contributed by atoms with Crippen molar-refractivity contribution in [2.24, 2.45) is 0 Å². The van der Waals surface area contributed by atoms with E-state index in [1.165, 1.54) is 0 Å². The fourth-order valence-electron chi connectivity index (χ4n) is 1.52. The van der Waals surface area contributed by atoms with Crippen LogP contribution in [0.3, 0.4) is 0 Å². The van der Waals surface area contributed by atoms with Gasteiger partial charge in [0, 0.05) is 19.4 Å². The van der Waals surface area contributed by atoms with Gasteiger partial charge in [-0.15, -0.1) is 0 Å². The Morgan fingerprint density at radius 2 is 2.20 bits per heavy atom. The van der Waals surface area contributed by atoms with Gasteiger partial charge in [-0.25, -0.2) is 23.1 Å². The van der Waals surface area contributed by atoms with Crippen molar-refractivity contribution >= 4 is 11.8 Å². The molecule has 2 heterocycles. The van der Waals surface area contributed by atoms with Gasteiger partial charge in [0.1, 0.15) is 5.82 Å². The van der Waals surface area contributed by atoms with E-state index in [2.05, 4.69) is 25.3 Å². The molecular formula is C11H13F3N6. The number of aromatic amines is 1. The van der Waals surface area contributed by atoms with Crippen molar-refractivity contribution in [2.45, 2.75) is 13.0 Å². The zero-order chi connectivity index (χ0) is 14.5. The molecule has 2 aromatic rings. The number of rotatable bonds is 6. The van der Waals surface area contributed by atoms with Gasteiger partial charge in [-0.2, -0.15) is 4.98 Å². The van der Waals surface area contributed by atoms with E-state index in [0.29, 0.717) is 12.4 Å². The van der Waals surface area contributed by atoms with Crippen molar-refractivity contribution in [3.63, 3.8) is 0 Å². The molecule has 108 valence electrons. The van der Waals surface area contributed by atoms with Crippen LogP contribution in [0.1, 0.15) is 5.82 Å². The summed E-state index contributed by atoms with van der Waals surface area (Å²) in [6, 6.07) is 0. The molecule has 0 aliphatic carbocycles. The van der Waals surface area contributed by atoms with E-state index in [1.54, 1.807) is 24.3 Å². The van der Waals surface area contributed by atoms with Crippen molar-refractivity contribution < 1.29 is 13.2 Å². The molecule has 20 heavy (non-hydrogen) atoms. The number of H-pyrrole nitrogens is 1. The van der Waals surface area contributed by atoms with Crippen molar-refractivity contribution in [1.29, 1.82) is 0 Å². The number of hydrogen-bond acceptors (Lipinski definition) is 5. The second kappa shape index (κ2) is 6.22. The number of hydrogen-bond donors (Lipinski definition) is 2. The number of halogens is 3. The van der Waals surface area contributed by atoms with Gasteiger partial charge in [-0.3, -0.25) is 0 Å². The Bertz CT molecular complexity index is 545. The molecule has 0 radical (unpaired) electrons. The molecular weight excluding hydrogens is 273 g/mol. The monoisotopic (exact) mass is 286 g/mol. The third-order valence-electron chi connectivity index (χ3n) is 2.44. The Hall–Kier alpha value is -2.32. The van der Waals surface area contributed by atoms with Crippen LogP contribution in [0.4, 0.5) is 24.9 Å². The van der Waals surface area contributed by atoms with Crippen LogP contribution in [0.5, 0.6) is 0 Å². The molecule has 0 amide bonds.